The smallest absolute Gasteiger partial charge is 0.123 e. The van der Waals surface area contributed by atoms with Crippen LogP contribution in [0.25, 0.3) is 0 Å². The van der Waals surface area contributed by atoms with Gasteiger partial charge < -0.3 is 15.4 Å². The fourth-order valence-electron chi connectivity index (χ4n) is 2.53. The van der Waals surface area contributed by atoms with Crippen molar-refractivity contribution < 1.29 is 9.13 Å². The summed E-state index contributed by atoms with van der Waals surface area (Å²) in [4.78, 5) is 2.23. The molecule has 0 aromatic heterocycles. The molecule has 1 aromatic rings. The highest BCUT2D eigenvalue weighted by molar-refractivity contribution is 5.15. The Bertz CT molecular complexity index is 374. The van der Waals surface area contributed by atoms with E-state index in [1.54, 1.807) is 0 Å². The monoisotopic (exact) mass is 252 g/mol. The second kappa shape index (κ2) is 5.78. The van der Waals surface area contributed by atoms with Gasteiger partial charge in [0.15, 0.2) is 0 Å². The Morgan fingerprint density at radius 2 is 2.11 bits per heavy atom. The number of benzene rings is 1. The van der Waals surface area contributed by atoms with Crippen LogP contribution in [0.5, 0.6) is 0 Å². The fourth-order valence-corrected chi connectivity index (χ4v) is 2.53. The molecule has 0 aliphatic carbocycles. The molecular weight excluding hydrogens is 231 g/mol. The van der Waals surface area contributed by atoms with E-state index in [1.807, 2.05) is 12.1 Å². The second-order valence-electron chi connectivity index (χ2n) is 5.31. The third-order valence-corrected chi connectivity index (χ3v) is 3.59. The molecule has 100 valence electrons. The van der Waals surface area contributed by atoms with Crippen molar-refractivity contribution in [3.05, 3.63) is 35.6 Å². The molecule has 0 bridgehead atoms. The molecule has 1 saturated heterocycles. The van der Waals surface area contributed by atoms with Crippen LogP contribution in [0.1, 0.15) is 12.0 Å². The van der Waals surface area contributed by atoms with E-state index in [-0.39, 0.29) is 11.2 Å². The third-order valence-electron chi connectivity index (χ3n) is 3.59. The minimum Gasteiger partial charge on any atom is -0.381 e. The van der Waals surface area contributed by atoms with Crippen LogP contribution in [0.2, 0.25) is 0 Å². The van der Waals surface area contributed by atoms with E-state index < -0.39 is 0 Å². The molecule has 1 heterocycles. The molecular formula is C14H21FN2O. The normalized spacial score (nSPS) is 23.8. The van der Waals surface area contributed by atoms with Gasteiger partial charge in [-0.3, -0.25) is 0 Å². The van der Waals surface area contributed by atoms with E-state index >= 15 is 0 Å². The van der Waals surface area contributed by atoms with Crippen molar-refractivity contribution >= 4 is 0 Å². The summed E-state index contributed by atoms with van der Waals surface area (Å²) in [5, 5.41) is 0. The van der Waals surface area contributed by atoms with Crippen LogP contribution < -0.4 is 5.73 Å². The van der Waals surface area contributed by atoms with Crippen LogP contribution in [-0.2, 0) is 11.3 Å². The van der Waals surface area contributed by atoms with E-state index in [4.69, 9.17) is 10.5 Å². The van der Waals surface area contributed by atoms with E-state index in [9.17, 15) is 4.39 Å². The van der Waals surface area contributed by atoms with Crippen LogP contribution in [0.4, 0.5) is 4.39 Å². The average molecular weight is 252 g/mol. The first-order valence-corrected chi connectivity index (χ1v) is 6.34. The van der Waals surface area contributed by atoms with E-state index in [2.05, 4.69) is 11.9 Å². The minimum atomic E-state index is -0.191. The van der Waals surface area contributed by atoms with Crippen molar-refractivity contribution in [2.24, 2.45) is 11.1 Å². The lowest BCUT2D eigenvalue weighted by atomic mass is 9.87. The number of rotatable bonds is 5. The van der Waals surface area contributed by atoms with Gasteiger partial charge in [0.05, 0.1) is 6.61 Å². The van der Waals surface area contributed by atoms with Gasteiger partial charge in [0.25, 0.3) is 0 Å². The van der Waals surface area contributed by atoms with Crippen LogP contribution in [-0.4, -0.2) is 38.3 Å². The van der Waals surface area contributed by atoms with Gasteiger partial charge in [-0.15, -0.1) is 0 Å². The number of hydrogen-bond acceptors (Lipinski definition) is 3. The molecule has 1 aromatic carbocycles. The van der Waals surface area contributed by atoms with Gasteiger partial charge >= 0.3 is 0 Å². The van der Waals surface area contributed by atoms with Crippen LogP contribution >= 0.6 is 0 Å². The third kappa shape index (κ3) is 3.28. The highest BCUT2D eigenvalue weighted by atomic mass is 19.1. The number of halogens is 1. The van der Waals surface area contributed by atoms with E-state index in [0.29, 0.717) is 6.54 Å². The summed E-state index contributed by atoms with van der Waals surface area (Å²) in [6.45, 7) is 3.93. The largest absolute Gasteiger partial charge is 0.381 e. The molecule has 2 N–H and O–H groups in total. The number of ether oxygens (including phenoxy) is 1. The standard InChI is InChI=1S/C14H21FN2O/c1-17(8-12-2-4-13(15)5-3-12)10-14(9-16)6-7-18-11-14/h2-5H,6-11,16H2,1H3. The first-order valence-electron chi connectivity index (χ1n) is 6.34. The highest BCUT2D eigenvalue weighted by Crippen LogP contribution is 2.28. The SMILES string of the molecule is CN(Cc1ccc(F)cc1)CC1(CN)CCOC1. The molecule has 3 nitrogen and oxygen atoms in total. The lowest BCUT2D eigenvalue weighted by Gasteiger charge is -2.31. The molecule has 18 heavy (non-hydrogen) atoms. The van der Waals surface area contributed by atoms with Crippen molar-refractivity contribution in [1.82, 2.24) is 4.90 Å². The summed E-state index contributed by atoms with van der Waals surface area (Å²) in [6.07, 6.45) is 1.03. The van der Waals surface area contributed by atoms with E-state index in [0.717, 1.165) is 38.3 Å². The molecule has 2 rings (SSSR count). The van der Waals surface area contributed by atoms with Crippen molar-refractivity contribution in [2.45, 2.75) is 13.0 Å². The molecule has 1 fully saturated rings. The molecule has 1 aliphatic heterocycles. The van der Waals surface area contributed by atoms with E-state index in [1.165, 1.54) is 12.1 Å². The van der Waals surface area contributed by atoms with Crippen LogP contribution in [0.3, 0.4) is 0 Å². The minimum absolute atomic E-state index is 0.0920. The summed E-state index contributed by atoms with van der Waals surface area (Å²) in [7, 11) is 2.07. The Morgan fingerprint density at radius 1 is 1.39 bits per heavy atom. The summed E-state index contributed by atoms with van der Waals surface area (Å²) < 4.78 is 18.3. The molecule has 0 saturated carbocycles. The lowest BCUT2D eigenvalue weighted by Crippen LogP contribution is -2.41. The Kier molecular flexibility index (Phi) is 4.32. The number of nitrogens with zero attached hydrogens (tertiary/aromatic N) is 1. The summed E-state index contributed by atoms with van der Waals surface area (Å²) >= 11 is 0. The Hall–Kier alpha value is -0.970. The summed E-state index contributed by atoms with van der Waals surface area (Å²) in [5.41, 5.74) is 7.08. The van der Waals surface area contributed by atoms with Gasteiger partial charge in [-0.2, -0.15) is 0 Å². The maximum absolute atomic E-state index is 12.8. The van der Waals surface area contributed by atoms with Gasteiger partial charge in [-0.25, -0.2) is 4.39 Å². The predicted octanol–water partition coefficient (Wildman–Crippen LogP) is 1.62. The fraction of sp³-hybridized carbons (Fsp3) is 0.571. The Balaban J connectivity index is 1.91. The van der Waals surface area contributed by atoms with Crippen molar-refractivity contribution in [3.63, 3.8) is 0 Å². The molecule has 1 unspecified atom stereocenters. The zero-order chi connectivity index (χ0) is 13.0. The average Bonchev–Trinajstić information content (AvgIpc) is 2.81. The molecule has 0 spiro atoms. The van der Waals surface area contributed by atoms with Gasteiger partial charge in [0.1, 0.15) is 5.82 Å². The lowest BCUT2D eigenvalue weighted by molar-refractivity contribution is 0.123. The van der Waals surface area contributed by atoms with Gasteiger partial charge in [0.2, 0.25) is 0 Å². The van der Waals surface area contributed by atoms with Crippen molar-refractivity contribution in [2.75, 3.05) is 33.4 Å². The van der Waals surface area contributed by atoms with Crippen molar-refractivity contribution in [3.8, 4) is 0 Å². The van der Waals surface area contributed by atoms with Gasteiger partial charge in [0, 0.05) is 31.7 Å². The zero-order valence-electron chi connectivity index (χ0n) is 10.9. The Labute approximate surface area is 108 Å². The molecule has 1 atom stereocenters. The summed E-state index contributed by atoms with van der Waals surface area (Å²) in [6, 6.07) is 6.65. The van der Waals surface area contributed by atoms with Crippen LogP contribution in [0, 0.1) is 11.2 Å². The van der Waals surface area contributed by atoms with Crippen LogP contribution in [0.15, 0.2) is 24.3 Å². The molecule has 0 radical (unpaired) electrons. The predicted molar refractivity (Wildman–Crippen MR) is 69.7 cm³/mol. The first-order chi connectivity index (χ1) is 8.63. The van der Waals surface area contributed by atoms with Gasteiger partial charge in [-0.05, 0) is 31.2 Å². The first kappa shape index (κ1) is 13.5. The molecule has 4 heteroatoms. The summed E-state index contributed by atoms with van der Waals surface area (Å²) in [5.74, 6) is -0.191. The number of hydrogen-bond donors (Lipinski definition) is 1. The topological polar surface area (TPSA) is 38.5 Å². The molecule has 1 aliphatic rings. The second-order valence-corrected chi connectivity index (χ2v) is 5.31. The molecule has 0 amide bonds. The Morgan fingerprint density at radius 3 is 2.67 bits per heavy atom. The maximum atomic E-state index is 12.8. The van der Waals surface area contributed by atoms with Crippen molar-refractivity contribution in [1.29, 1.82) is 0 Å². The zero-order valence-corrected chi connectivity index (χ0v) is 10.9. The number of nitrogens with two attached hydrogens (primary N) is 1. The maximum Gasteiger partial charge on any atom is 0.123 e. The van der Waals surface area contributed by atoms with Gasteiger partial charge in [-0.1, -0.05) is 12.1 Å². The highest BCUT2D eigenvalue weighted by Gasteiger charge is 2.34. The quantitative estimate of drug-likeness (QED) is 0.865.